The van der Waals surface area contributed by atoms with Crippen LogP contribution in [0, 0.1) is 0 Å². The van der Waals surface area contributed by atoms with E-state index in [1.54, 1.807) is 19.1 Å². The summed E-state index contributed by atoms with van der Waals surface area (Å²) in [6, 6.07) is 0. The van der Waals surface area contributed by atoms with E-state index in [9.17, 15) is 9.90 Å². The third-order valence-corrected chi connectivity index (χ3v) is 4.17. The van der Waals surface area contributed by atoms with E-state index in [0.29, 0.717) is 4.91 Å². The van der Waals surface area contributed by atoms with Crippen molar-refractivity contribution in [2.45, 2.75) is 13.0 Å². The average molecular weight is 188 g/mol. The standard InChI is InChI=1S/C8H12O3S/c1-5(9)6-3-4-7(8(10)11)12(6)2/h3-5,9,12H,1-2H3,(H,10,11). The van der Waals surface area contributed by atoms with Gasteiger partial charge in [0.1, 0.15) is 0 Å². The molecular weight excluding hydrogens is 176 g/mol. The molecule has 0 aromatic rings. The Balaban J connectivity index is 2.79. The Hall–Kier alpha value is -0.740. The largest absolute Gasteiger partial charge is 0.477 e. The Bertz CT molecular complexity index is 265. The molecule has 4 heteroatoms. The van der Waals surface area contributed by atoms with Crippen LogP contribution in [0.15, 0.2) is 22.0 Å². The number of carbonyl (C=O) groups is 1. The highest BCUT2D eigenvalue weighted by atomic mass is 32.2. The van der Waals surface area contributed by atoms with Gasteiger partial charge in [-0.15, -0.1) is 0 Å². The Labute approximate surface area is 73.7 Å². The first-order valence-electron chi connectivity index (χ1n) is 3.61. The Morgan fingerprint density at radius 2 is 2.17 bits per heavy atom. The lowest BCUT2D eigenvalue weighted by Crippen LogP contribution is -2.06. The van der Waals surface area contributed by atoms with Crippen molar-refractivity contribution in [3.05, 3.63) is 22.0 Å². The van der Waals surface area contributed by atoms with E-state index in [2.05, 4.69) is 0 Å². The summed E-state index contributed by atoms with van der Waals surface area (Å²) in [6.45, 7) is 1.66. The van der Waals surface area contributed by atoms with Gasteiger partial charge in [-0.3, -0.25) is 0 Å². The number of aliphatic hydroxyl groups excluding tert-OH is 1. The van der Waals surface area contributed by atoms with E-state index in [0.717, 1.165) is 4.91 Å². The average Bonchev–Trinajstić information content (AvgIpc) is 2.30. The lowest BCUT2D eigenvalue weighted by molar-refractivity contribution is -0.131. The van der Waals surface area contributed by atoms with Crippen molar-refractivity contribution in [1.29, 1.82) is 0 Å². The van der Waals surface area contributed by atoms with Gasteiger partial charge in [-0.2, -0.15) is 10.9 Å². The highest BCUT2D eigenvalue weighted by Crippen LogP contribution is 2.45. The van der Waals surface area contributed by atoms with Crippen LogP contribution in [0.2, 0.25) is 0 Å². The van der Waals surface area contributed by atoms with Crippen molar-refractivity contribution in [2.75, 3.05) is 6.26 Å². The maximum Gasteiger partial charge on any atom is 0.340 e. The summed E-state index contributed by atoms with van der Waals surface area (Å²) >= 11 is 0. The minimum absolute atomic E-state index is 0.418. The molecule has 0 spiro atoms. The van der Waals surface area contributed by atoms with Crippen LogP contribution in [0.1, 0.15) is 6.92 Å². The molecule has 1 rings (SSSR count). The first kappa shape index (κ1) is 9.35. The zero-order valence-electron chi connectivity index (χ0n) is 6.98. The van der Waals surface area contributed by atoms with Crippen LogP contribution in [0.3, 0.4) is 0 Å². The predicted octanol–water partition coefficient (Wildman–Crippen LogP) is 0.864. The minimum atomic E-state index is -0.879. The number of rotatable bonds is 2. The summed E-state index contributed by atoms with van der Waals surface area (Å²) in [5.74, 6) is -0.879. The third-order valence-electron chi connectivity index (χ3n) is 1.81. The predicted molar refractivity (Wildman–Crippen MR) is 50.4 cm³/mol. The summed E-state index contributed by atoms with van der Waals surface area (Å²) in [7, 11) is -0.798. The van der Waals surface area contributed by atoms with Gasteiger partial charge in [0.2, 0.25) is 0 Å². The smallest absolute Gasteiger partial charge is 0.340 e. The second-order valence-electron chi connectivity index (χ2n) is 2.68. The summed E-state index contributed by atoms with van der Waals surface area (Å²) in [5.41, 5.74) is 0. The van der Waals surface area contributed by atoms with E-state index < -0.39 is 23.0 Å². The van der Waals surface area contributed by atoms with Crippen LogP contribution in [-0.2, 0) is 4.79 Å². The van der Waals surface area contributed by atoms with Gasteiger partial charge >= 0.3 is 5.97 Å². The van der Waals surface area contributed by atoms with Crippen LogP contribution in [0.5, 0.6) is 0 Å². The molecule has 1 aliphatic rings. The minimum Gasteiger partial charge on any atom is -0.477 e. The molecule has 68 valence electrons. The molecule has 0 amide bonds. The molecule has 0 aliphatic carbocycles. The molecular formula is C8H12O3S. The maximum absolute atomic E-state index is 10.6. The second-order valence-corrected chi connectivity index (χ2v) is 4.80. The van der Waals surface area contributed by atoms with E-state index in [-0.39, 0.29) is 0 Å². The van der Waals surface area contributed by atoms with Crippen LogP contribution in [0.4, 0.5) is 0 Å². The fourth-order valence-electron chi connectivity index (χ4n) is 1.16. The molecule has 0 aromatic carbocycles. The van der Waals surface area contributed by atoms with Crippen molar-refractivity contribution in [3.63, 3.8) is 0 Å². The zero-order valence-corrected chi connectivity index (χ0v) is 7.88. The van der Waals surface area contributed by atoms with Gasteiger partial charge in [-0.1, -0.05) is 6.08 Å². The molecule has 0 aromatic heterocycles. The normalized spacial score (nSPS) is 27.8. The van der Waals surface area contributed by atoms with Gasteiger partial charge in [0, 0.05) is 0 Å². The van der Waals surface area contributed by atoms with E-state index in [4.69, 9.17) is 5.11 Å². The zero-order chi connectivity index (χ0) is 9.30. The molecule has 0 bridgehead atoms. The molecule has 0 fully saturated rings. The monoisotopic (exact) mass is 188 g/mol. The van der Waals surface area contributed by atoms with Crippen molar-refractivity contribution >= 4 is 16.9 Å². The first-order chi connectivity index (χ1) is 5.54. The SMILES string of the molecule is CC(O)C1=CC=C(C(=O)O)[SH]1C. The van der Waals surface area contributed by atoms with E-state index in [1.807, 2.05) is 6.26 Å². The highest BCUT2D eigenvalue weighted by molar-refractivity contribution is 8.24. The number of hydrogen-bond donors (Lipinski definition) is 3. The number of carboxylic acid groups (broad SMARTS) is 1. The van der Waals surface area contributed by atoms with Gasteiger partial charge < -0.3 is 10.2 Å². The molecule has 3 nitrogen and oxygen atoms in total. The van der Waals surface area contributed by atoms with Gasteiger partial charge in [-0.05, 0) is 24.2 Å². The molecule has 2 N–H and O–H groups in total. The molecule has 1 aliphatic heterocycles. The van der Waals surface area contributed by atoms with Crippen LogP contribution in [-0.4, -0.2) is 28.5 Å². The summed E-state index contributed by atoms with van der Waals surface area (Å²) in [6.07, 6.45) is 4.60. The lowest BCUT2D eigenvalue weighted by atomic mass is 10.3. The Kier molecular flexibility index (Phi) is 2.59. The van der Waals surface area contributed by atoms with Crippen LogP contribution >= 0.6 is 10.9 Å². The number of thiol groups is 1. The molecule has 0 radical (unpaired) electrons. The Morgan fingerprint density at radius 1 is 1.58 bits per heavy atom. The lowest BCUT2D eigenvalue weighted by Gasteiger charge is -2.17. The van der Waals surface area contributed by atoms with Crippen molar-refractivity contribution in [2.24, 2.45) is 0 Å². The number of aliphatic hydroxyl groups is 1. The number of allylic oxidation sites excluding steroid dienone is 2. The van der Waals surface area contributed by atoms with Crippen molar-refractivity contribution in [3.8, 4) is 0 Å². The van der Waals surface area contributed by atoms with E-state index in [1.165, 1.54) is 0 Å². The quantitative estimate of drug-likeness (QED) is 0.563. The van der Waals surface area contributed by atoms with Gasteiger partial charge in [-0.25, -0.2) is 4.79 Å². The van der Waals surface area contributed by atoms with Crippen molar-refractivity contribution < 1.29 is 15.0 Å². The molecule has 0 saturated heterocycles. The van der Waals surface area contributed by atoms with E-state index >= 15 is 0 Å². The van der Waals surface area contributed by atoms with Crippen LogP contribution < -0.4 is 0 Å². The van der Waals surface area contributed by atoms with Crippen LogP contribution in [0.25, 0.3) is 0 Å². The topological polar surface area (TPSA) is 57.5 Å². The second kappa shape index (κ2) is 3.33. The summed E-state index contributed by atoms with van der Waals surface area (Å²) < 4.78 is 0. The molecule has 1 heterocycles. The summed E-state index contributed by atoms with van der Waals surface area (Å²) in [4.78, 5) is 11.9. The van der Waals surface area contributed by atoms with Gasteiger partial charge in [0.05, 0.1) is 11.0 Å². The third kappa shape index (κ3) is 1.54. The number of aliphatic carboxylic acids is 1. The van der Waals surface area contributed by atoms with Gasteiger partial charge in [0.25, 0.3) is 0 Å². The highest BCUT2D eigenvalue weighted by Gasteiger charge is 2.22. The fraction of sp³-hybridized carbons (Fsp3) is 0.375. The van der Waals surface area contributed by atoms with Gasteiger partial charge in [0.15, 0.2) is 0 Å². The fourth-order valence-corrected chi connectivity index (χ4v) is 2.88. The Morgan fingerprint density at radius 3 is 2.42 bits per heavy atom. The molecule has 2 atom stereocenters. The summed E-state index contributed by atoms with van der Waals surface area (Å²) in [5, 5.41) is 18.0. The number of carboxylic acids is 1. The van der Waals surface area contributed by atoms with Crippen molar-refractivity contribution in [1.82, 2.24) is 0 Å². The molecule has 12 heavy (non-hydrogen) atoms. The first-order valence-corrected chi connectivity index (χ1v) is 5.40. The number of hydrogen-bond acceptors (Lipinski definition) is 2. The maximum atomic E-state index is 10.6. The molecule has 0 saturated carbocycles. The molecule has 2 unspecified atom stereocenters.